The number of amides is 2. The molecule has 1 aromatic rings. The molecular formula is C35H56N2O5S. The van der Waals surface area contributed by atoms with Gasteiger partial charge in [0.05, 0.1) is 17.1 Å². The summed E-state index contributed by atoms with van der Waals surface area (Å²) in [7, 11) is -3.99. The zero-order valence-electron chi connectivity index (χ0n) is 27.4. The molecule has 0 spiro atoms. The minimum atomic E-state index is -3.99. The van der Waals surface area contributed by atoms with Crippen molar-refractivity contribution in [3.63, 3.8) is 0 Å². The quantitative estimate of drug-likeness (QED) is 0.302. The molecule has 4 saturated carbocycles. The Morgan fingerprint density at radius 2 is 1.70 bits per heavy atom. The molecule has 0 saturated heterocycles. The number of aliphatic hydroxyl groups is 2. The van der Waals surface area contributed by atoms with Gasteiger partial charge in [0.1, 0.15) is 0 Å². The third kappa shape index (κ3) is 5.78. The van der Waals surface area contributed by atoms with Gasteiger partial charge in [-0.25, -0.2) is 17.9 Å². The molecule has 1 aromatic carbocycles. The first kappa shape index (κ1) is 32.7. The largest absolute Gasteiger partial charge is 0.393 e. The van der Waals surface area contributed by atoms with Crippen molar-refractivity contribution >= 4 is 16.1 Å². The fraction of sp³-hybridized carbons (Fsp3) is 0.800. The first-order chi connectivity index (χ1) is 20.0. The summed E-state index contributed by atoms with van der Waals surface area (Å²) in [5.41, 5.74) is 0.935. The minimum Gasteiger partial charge on any atom is -0.393 e. The molecule has 7 nitrogen and oxygen atoms in total. The Labute approximate surface area is 260 Å². The number of carbonyl (C=O) groups excluding carboxylic acids is 1. The summed E-state index contributed by atoms with van der Waals surface area (Å²) in [6, 6.07) is 6.07. The third-order valence-electron chi connectivity index (χ3n) is 13.0. The molecule has 4 aliphatic rings. The van der Waals surface area contributed by atoms with Crippen molar-refractivity contribution < 1.29 is 23.4 Å². The topological polar surface area (TPSA) is 116 Å². The van der Waals surface area contributed by atoms with E-state index in [0.717, 1.165) is 56.9 Å². The Hall–Kier alpha value is -1.64. The lowest BCUT2D eigenvalue weighted by atomic mass is 9.41. The van der Waals surface area contributed by atoms with Gasteiger partial charge in [-0.2, -0.15) is 0 Å². The zero-order valence-corrected chi connectivity index (χ0v) is 28.2. The number of fused-ring (bicyclic) bond motifs is 5. The summed E-state index contributed by atoms with van der Waals surface area (Å²) in [6.07, 6.45) is 7.50. The number of urea groups is 1. The summed E-state index contributed by atoms with van der Waals surface area (Å²) in [6.45, 7) is 15.7. The highest BCUT2D eigenvalue weighted by atomic mass is 32.2. The number of aliphatic hydroxyl groups excluding tert-OH is 2. The Kier molecular flexibility index (Phi) is 8.85. The van der Waals surface area contributed by atoms with Crippen LogP contribution in [0.25, 0.3) is 0 Å². The van der Waals surface area contributed by atoms with Crippen molar-refractivity contribution in [3.05, 3.63) is 29.8 Å². The van der Waals surface area contributed by atoms with Gasteiger partial charge in [-0.1, -0.05) is 67.0 Å². The van der Waals surface area contributed by atoms with E-state index in [9.17, 15) is 23.4 Å². The summed E-state index contributed by atoms with van der Waals surface area (Å²) in [5, 5.41) is 25.3. The van der Waals surface area contributed by atoms with Crippen molar-refractivity contribution in [2.24, 2.45) is 52.3 Å². The van der Waals surface area contributed by atoms with E-state index in [2.05, 4.69) is 37.7 Å². The average Bonchev–Trinajstić information content (AvgIpc) is 3.29. The van der Waals surface area contributed by atoms with Crippen molar-refractivity contribution in [3.8, 4) is 0 Å². The van der Waals surface area contributed by atoms with Crippen LogP contribution in [0, 0.1) is 52.3 Å². The monoisotopic (exact) mass is 616 g/mol. The highest BCUT2D eigenvalue weighted by molar-refractivity contribution is 7.90. The van der Waals surface area contributed by atoms with E-state index < -0.39 is 16.1 Å². The lowest BCUT2D eigenvalue weighted by molar-refractivity contribution is -0.203. The molecular weight excluding hydrogens is 560 g/mol. The van der Waals surface area contributed by atoms with Crippen LogP contribution in [-0.2, 0) is 15.4 Å². The molecule has 0 aliphatic heterocycles. The molecule has 0 aromatic heterocycles. The van der Waals surface area contributed by atoms with Crippen LogP contribution in [0.1, 0.15) is 105 Å². The van der Waals surface area contributed by atoms with Gasteiger partial charge in [0.15, 0.2) is 0 Å². The maximum absolute atomic E-state index is 13.0. The van der Waals surface area contributed by atoms with Crippen molar-refractivity contribution in [2.75, 3.05) is 6.54 Å². The Balaban J connectivity index is 1.25. The predicted molar refractivity (Wildman–Crippen MR) is 170 cm³/mol. The van der Waals surface area contributed by atoms with Crippen LogP contribution in [0.2, 0.25) is 0 Å². The second kappa shape index (κ2) is 11.6. The van der Waals surface area contributed by atoms with E-state index in [0.29, 0.717) is 30.2 Å². The number of hydrogen-bond donors (Lipinski definition) is 4. The zero-order chi connectivity index (χ0) is 31.5. The third-order valence-corrected chi connectivity index (χ3v) is 14.3. The second-order valence-corrected chi connectivity index (χ2v) is 17.9. The van der Waals surface area contributed by atoms with Crippen LogP contribution in [-0.4, -0.2) is 43.4 Å². The summed E-state index contributed by atoms with van der Waals surface area (Å²) in [5.74, 6) is 2.40. The number of hydrogen-bond acceptors (Lipinski definition) is 5. The highest BCUT2D eigenvalue weighted by Gasteiger charge is 2.64. The van der Waals surface area contributed by atoms with Gasteiger partial charge in [0, 0.05) is 6.54 Å². The first-order valence-electron chi connectivity index (χ1n) is 16.8. The minimum absolute atomic E-state index is 0.0782. The van der Waals surface area contributed by atoms with Gasteiger partial charge >= 0.3 is 6.03 Å². The molecule has 1 unspecified atom stereocenters. The van der Waals surface area contributed by atoms with Crippen LogP contribution < -0.4 is 10.0 Å². The Bertz CT molecular complexity index is 1290. The maximum atomic E-state index is 13.0. The fourth-order valence-electron chi connectivity index (χ4n) is 10.7. The van der Waals surface area contributed by atoms with Gasteiger partial charge in [0.25, 0.3) is 10.0 Å². The van der Waals surface area contributed by atoms with Crippen LogP contribution in [0.3, 0.4) is 0 Å². The molecule has 242 valence electrons. The van der Waals surface area contributed by atoms with Gasteiger partial charge in [-0.3, -0.25) is 0 Å². The molecule has 4 N–H and O–H groups in total. The van der Waals surface area contributed by atoms with Crippen molar-refractivity contribution in [1.29, 1.82) is 0 Å². The Morgan fingerprint density at radius 3 is 2.37 bits per heavy atom. The second-order valence-electron chi connectivity index (χ2n) is 16.2. The van der Waals surface area contributed by atoms with E-state index in [4.69, 9.17) is 0 Å². The number of rotatable bonds is 6. The molecule has 43 heavy (non-hydrogen) atoms. The number of nitrogens with one attached hydrogen (secondary N) is 2. The van der Waals surface area contributed by atoms with Gasteiger partial charge in [-0.05, 0) is 120 Å². The number of sulfonamides is 1. The lowest BCUT2D eigenvalue weighted by Gasteiger charge is -2.64. The van der Waals surface area contributed by atoms with E-state index in [1.54, 1.807) is 12.1 Å². The molecule has 11 atom stereocenters. The molecule has 8 heteroatoms. The van der Waals surface area contributed by atoms with Crippen LogP contribution >= 0.6 is 0 Å². The van der Waals surface area contributed by atoms with Gasteiger partial charge in [0.2, 0.25) is 0 Å². The van der Waals surface area contributed by atoms with Gasteiger partial charge in [-0.15, -0.1) is 0 Å². The standard InChI is InChI=1S/C35H56N2O5S/c1-8-25-29-19-23(38)14-16-35(29,7)28-15-17-34(6)26(12-13-27(34)30(28)31(25)39)21(2)20-36-32(40)37-43(41,42)24-11-9-10-22(18-24)33(3,4)5/h9-11,18,21,23,25-31,38-39H,8,12-17,19-20H2,1-7H3,(H2,36,37,40)/t21-,23-,25-,26-,27+,28+,29+,30+,31-,34?,35-/m1/s1. The summed E-state index contributed by atoms with van der Waals surface area (Å²) < 4.78 is 28.2. The normalized spacial score (nSPS) is 40.1. The Morgan fingerprint density at radius 1 is 1.02 bits per heavy atom. The summed E-state index contributed by atoms with van der Waals surface area (Å²) in [4.78, 5) is 12.9. The average molecular weight is 617 g/mol. The van der Waals surface area contributed by atoms with Crippen LogP contribution in [0.15, 0.2) is 29.2 Å². The van der Waals surface area contributed by atoms with Crippen LogP contribution in [0.4, 0.5) is 4.79 Å². The number of benzene rings is 1. The smallest absolute Gasteiger partial charge is 0.328 e. The number of carbonyl (C=O) groups is 1. The lowest BCUT2D eigenvalue weighted by Crippen LogP contribution is -2.62. The fourth-order valence-corrected chi connectivity index (χ4v) is 11.6. The van der Waals surface area contributed by atoms with Gasteiger partial charge < -0.3 is 15.5 Å². The van der Waals surface area contributed by atoms with E-state index in [1.807, 2.05) is 26.8 Å². The molecule has 4 fully saturated rings. The molecule has 0 heterocycles. The first-order valence-corrected chi connectivity index (χ1v) is 18.3. The van der Waals surface area contributed by atoms with E-state index in [1.165, 1.54) is 6.07 Å². The molecule has 0 bridgehead atoms. The van der Waals surface area contributed by atoms with Crippen molar-refractivity contribution in [1.82, 2.24) is 10.0 Å². The van der Waals surface area contributed by atoms with Crippen LogP contribution in [0.5, 0.6) is 0 Å². The molecule has 5 rings (SSSR count). The molecule has 2 amide bonds. The van der Waals surface area contributed by atoms with Crippen molar-refractivity contribution in [2.45, 2.75) is 122 Å². The maximum Gasteiger partial charge on any atom is 0.328 e. The predicted octanol–water partition coefficient (Wildman–Crippen LogP) is 6.23. The highest BCUT2D eigenvalue weighted by Crippen LogP contribution is 2.69. The van der Waals surface area contributed by atoms with E-state index in [-0.39, 0.29) is 51.1 Å². The SMILES string of the molecule is CC[C@H]1[C@@H](O)[C@H]2[C@@H]3CC[C@H]([C@H](C)CNC(=O)NS(=O)(=O)c4cccc(C(C)(C)C)c4)C3(C)CC[C@@H]2[C@@]2(C)CC[C@@H](O)C[C@@H]12. The summed E-state index contributed by atoms with van der Waals surface area (Å²) >= 11 is 0. The molecule has 0 radical (unpaired) electrons. The van der Waals surface area contributed by atoms with E-state index >= 15 is 0 Å². The molecule has 4 aliphatic carbocycles.